The highest BCUT2D eigenvalue weighted by Crippen LogP contribution is 2.34. The van der Waals surface area contributed by atoms with Crippen LogP contribution in [0.3, 0.4) is 0 Å². The van der Waals surface area contributed by atoms with E-state index >= 15 is 0 Å². The van der Waals surface area contributed by atoms with Crippen LogP contribution < -0.4 is 5.73 Å². The second kappa shape index (κ2) is 3.46. The first-order chi connectivity index (χ1) is 4.52. The SMILES string of the molecule is CC1(C)CC[C@H](N)C=C1O.Cl. The van der Waals surface area contributed by atoms with E-state index in [0.29, 0.717) is 5.76 Å². The number of allylic oxidation sites excluding steroid dienone is 1. The van der Waals surface area contributed by atoms with Gasteiger partial charge >= 0.3 is 0 Å². The van der Waals surface area contributed by atoms with Gasteiger partial charge in [0.25, 0.3) is 0 Å². The third-order valence-electron chi connectivity index (χ3n) is 2.17. The van der Waals surface area contributed by atoms with Gasteiger partial charge in [0, 0.05) is 11.5 Å². The minimum absolute atomic E-state index is 0. The van der Waals surface area contributed by atoms with E-state index in [4.69, 9.17) is 5.73 Å². The molecule has 11 heavy (non-hydrogen) atoms. The number of hydrogen-bond donors (Lipinski definition) is 2. The summed E-state index contributed by atoms with van der Waals surface area (Å²) in [7, 11) is 0. The van der Waals surface area contributed by atoms with Crippen LogP contribution in [0.2, 0.25) is 0 Å². The summed E-state index contributed by atoms with van der Waals surface area (Å²) in [6, 6.07) is 0.0630. The molecular formula is C8H16ClNO. The molecule has 0 saturated carbocycles. The Hall–Kier alpha value is -0.210. The molecule has 0 fully saturated rings. The molecule has 1 aliphatic rings. The van der Waals surface area contributed by atoms with Gasteiger partial charge in [-0.2, -0.15) is 0 Å². The molecule has 0 saturated heterocycles. The fourth-order valence-corrected chi connectivity index (χ4v) is 1.17. The topological polar surface area (TPSA) is 46.2 Å². The molecule has 0 radical (unpaired) electrons. The summed E-state index contributed by atoms with van der Waals surface area (Å²) in [6.45, 7) is 4.06. The maximum Gasteiger partial charge on any atom is 0.0954 e. The highest BCUT2D eigenvalue weighted by atomic mass is 35.5. The van der Waals surface area contributed by atoms with E-state index in [9.17, 15) is 5.11 Å². The smallest absolute Gasteiger partial charge is 0.0954 e. The Labute approximate surface area is 73.9 Å². The first-order valence-electron chi connectivity index (χ1n) is 3.69. The van der Waals surface area contributed by atoms with Crippen molar-refractivity contribution in [2.24, 2.45) is 11.1 Å². The maximum absolute atomic E-state index is 9.39. The Kier molecular flexibility index (Phi) is 3.39. The predicted molar refractivity (Wildman–Crippen MR) is 49.0 cm³/mol. The number of hydrogen-bond acceptors (Lipinski definition) is 2. The molecule has 0 aromatic carbocycles. The molecule has 3 heteroatoms. The first-order valence-corrected chi connectivity index (χ1v) is 3.69. The zero-order valence-corrected chi connectivity index (χ0v) is 7.82. The fourth-order valence-electron chi connectivity index (χ4n) is 1.17. The standard InChI is InChI=1S/C8H15NO.ClH/c1-8(2)4-3-6(9)5-7(8)10;/h5-6,10H,3-4,9H2,1-2H3;1H/t6-;/m0./s1. The molecule has 0 amide bonds. The van der Waals surface area contributed by atoms with Crippen molar-refractivity contribution in [1.29, 1.82) is 0 Å². The minimum atomic E-state index is -0.0458. The number of aliphatic hydroxyl groups excluding tert-OH is 1. The van der Waals surface area contributed by atoms with Crippen LogP contribution in [-0.4, -0.2) is 11.1 Å². The van der Waals surface area contributed by atoms with Gasteiger partial charge in [-0.15, -0.1) is 12.4 Å². The van der Waals surface area contributed by atoms with Gasteiger partial charge in [0.2, 0.25) is 0 Å². The summed E-state index contributed by atoms with van der Waals surface area (Å²) >= 11 is 0. The Morgan fingerprint density at radius 1 is 1.64 bits per heavy atom. The Morgan fingerprint density at radius 2 is 2.18 bits per heavy atom. The molecule has 0 bridgehead atoms. The monoisotopic (exact) mass is 177 g/mol. The van der Waals surface area contributed by atoms with Crippen molar-refractivity contribution in [3.8, 4) is 0 Å². The minimum Gasteiger partial charge on any atom is -0.512 e. The van der Waals surface area contributed by atoms with Crippen molar-refractivity contribution in [1.82, 2.24) is 0 Å². The normalized spacial score (nSPS) is 28.6. The lowest BCUT2D eigenvalue weighted by Gasteiger charge is -2.29. The lowest BCUT2D eigenvalue weighted by Crippen LogP contribution is -2.29. The van der Waals surface area contributed by atoms with Crippen LogP contribution >= 0.6 is 12.4 Å². The van der Waals surface area contributed by atoms with Crippen LogP contribution in [0.1, 0.15) is 26.7 Å². The lowest BCUT2D eigenvalue weighted by molar-refractivity contribution is 0.219. The number of halogens is 1. The molecule has 3 N–H and O–H groups in total. The average Bonchev–Trinajstić information content (AvgIpc) is 1.81. The van der Waals surface area contributed by atoms with Crippen LogP contribution in [-0.2, 0) is 0 Å². The summed E-state index contributed by atoms with van der Waals surface area (Å²) in [6.07, 6.45) is 3.72. The average molecular weight is 178 g/mol. The molecule has 0 aromatic heterocycles. The molecule has 0 aliphatic heterocycles. The predicted octanol–water partition coefficient (Wildman–Crippen LogP) is 2.00. The second-order valence-corrected chi connectivity index (χ2v) is 3.64. The summed E-state index contributed by atoms with van der Waals surface area (Å²) in [4.78, 5) is 0. The second-order valence-electron chi connectivity index (χ2n) is 3.64. The van der Waals surface area contributed by atoms with Gasteiger partial charge in [-0.05, 0) is 18.9 Å². The van der Waals surface area contributed by atoms with E-state index in [0.717, 1.165) is 12.8 Å². The van der Waals surface area contributed by atoms with E-state index < -0.39 is 0 Å². The van der Waals surface area contributed by atoms with Gasteiger partial charge in [0.15, 0.2) is 0 Å². The number of aliphatic hydroxyl groups is 1. The van der Waals surface area contributed by atoms with Gasteiger partial charge in [-0.25, -0.2) is 0 Å². The largest absolute Gasteiger partial charge is 0.512 e. The first kappa shape index (κ1) is 10.8. The van der Waals surface area contributed by atoms with Crippen LogP contribution in [0, 0.1) is 5.41 Å². The molecule has 0 heterocycles. The lowest BCUT2D eigenvalue weighted by atomic mass is 9.79. The Balaban J connectivity index is 0.000001000. The van der Waals surface area contributed by atoms with Crippen molar-refractivity contribution in [3.63, 3.8) is 0 Å². The molecule has 2 nitrogen and oxygen atoms in total. The van der Waals surface area contributed by atoms with Crippen LogP contribution in [0.15, 0.2) is 11.8 Å². The number of nitrogens with two attached hydrogens (primary N) is 1. The third kappa shape index (κ3) is 2.38. The molecule has 1 atom stereocenters. The highest BCUT2D eigenvalue weighted by Gasteiger charge is 2.27. The summed E-state index contributed by atoms with van der Waals surface area (Å²) < 4.78 is 0. The van der Waals surface area contributed by atoms with Crippen LogP contribution in [0.4, 0.5) is 0 Å². The van der Waals surface area contributed by atoms with Crippen molar-refractivity contribution >= 4 is 12.4 Å². The van der Waals surface area contributed by atoms with Gasteiger partial charge < -0.3 is 10.8 Å². The van der Waals surface area contributed by atoms with Crippen molar-refractivity contribution in [2.75, 3.05) is 0 Å². The fraction of sp³-hybridized carbons (Fsp3) is 0.750. The van der Waals surface area contributed by atoms with E-state index in [1.165, 1.54) is 0 Å². The van der Waals surface area contributed by atoms with Gasteiger partial charge in [0.05, 0.1) is 5.76 Å². The summed E-state index contributed by atoms with van der Waals surface area (Å²) in [5, 5.41) is 9.39. The molecule has 0 spiro atoms. The van der Waals surface area contributed by atoms with E-state index in [1.807, 2.05) is 13.8 Å². The van der Waals surface area contributed by atoms with Crippen molar-refractivity contribution < 1.29 is 5.11 Å². The molecule has 0 aromatic rings. The quantitative estimate of drug-likeness (QED) is 0.595. The van der Waals surface area contributed by atoms with Crippen LogP contribution in [0.25, 0.3) is 0 Å². The van der Waals surface area contributed by atoms with Gasteiger partial charge in [0.1, 0.15) is 0 Å². The summed E-state index contributed by atoms with van der Waals surface area (Å²) in [5.41, 5.74) is 5.56. The summed E-state index contributed by atoms with van der Waals surface area (Å²) in [5.74, 6) is 0.450. The van der Waals surface area contributed by atoms with Crippen LogP contribution in [0.5, 0.6) is 0 Å². The molecule has 1 rings (SSSR count). The zero-order valence-electron chi connectivity index (χ0n) is 7.00. The van der Waals surface area contributed by atoms with E-state index in [1.54, 1.807) is 6.08 Å². The van der Waals surface area contributed by atoms with Gasteiger partial charge in [-0.1, -0.05) is 13.8 Å². The van der Waals surface area contributed by atoms with Crippen molar-refractivity contribution in [3.05, 3.63) is 11.8 Å². The Morgan fingerprint density at radius 3 is 2.55 bits per heavy atom. The van der Waals surface area contributed by atoms with Crippen molar-refractivity contribution in [2.45, 2.75) is 32.7 Å². The molecular weight excluding hydrogens is 162 g/mol. The third-order valence-corrected chi connectivity index (χ3v) is 2.17. The molecule has 1 aliphatic carbocycles. The molecule has 66 valence electrons. The van der Waals surface area contributed by atoms with Gasteiger partial charge in [-0.3, -0.25) is 0 Å². The number of rotatable bonds is 0. The molecule has 0 unspecified atom stereocenters. The zero-order chi connectivity index (χ0) is 7.78. The Bertz CT molecular complexity index is 165. The highest BCUT2D eigenvalue weighted by molar-refractivity contribution is 5.85. The van der Waals surface area contributed by atoms with E-state index in [-0.39, 0.29) is 23.9 Å². The maximum atomic E-state index is 9.39. The van der Waals surface area contributed by atoms with E-state index in [2.05, 4.69) is 0 Å².